The van der Waals surface area contributed by atoms with Gasteiger partial charge in [0.15, 0.2) is 5.16 Å². The quantitative estimate of drug-likeness (QED) is 0.596. The molecule has 0 aromatic carbocycles. The van der Waals surface area contributed by atoms with Gasteiger partial charge in [0.05, 0.1) is 0 Å². The summed E-state index contributed by atoms with van der Waals surface area (Å²) in [5.74, 6) is 2.82. The maximum absolute atomic E-state index is 4.14. The zero-order valence-corrected chi connectivity index (χ0v) is 11.9. The van der Waals surface area contributed by atoms with Crippen molar-refractivity contribution in [3.8, 4) is 0 Å². The lowest BCUT2D eigenvalue weighted by Gasteiger charge is -2.11. The molecule has 5 heteroatoms. The summed E-state index contributed by atoms with van der Waals surface area (Å²) in [5.41, 5.74) is 0. The van der Waals surface area contributed by atoms with Crippen LogP contribution in [0.15, 0.2) is 5.16 Å². The van der Waals surface area contributed by atoms with Crippen molar-refractivity contribution in [1.82, 2.24) is 14.8 Å². The zero-order valence-electron chi connectivity index (χ0n) is 9.53. The molecule has 15 heavy (non-hydrogen) atoms. The van der Waals surface area contributed by atoms with Crippen LogP contribution < -0.4 is 0 Å². The Bertz CT molecular complexity index is 301. The number of halogens is 1. The van der Waals surface area contributed by atoms with E-state index in [0.29, 0.717) is 0 Å². The fourth-order valence-electron chi connectivity index (χ4n) is 1.32. The van der Waals surface area contributed by atoms with Crippen molar-refractivity contribution in [2.24, 2.45) is 13.0 Å². The van der Waals surface area contributed by atoms with E-state index >= 15 is 0 Å². The van der Waals surface area contributed by atoms with Crippen LogP contribution in [0.4, 0.5) is 0 Å². The Morgan fingerprint density at radius 1 is 1.47 bits per heavy atom. The van der Waals surface area contributed by atoms with Crippen molar-refractivity contribution in [1.29, 1.82) is 0 Å². The molecule has 0 spiro atoms. The van der Waals surface area contributed by atoms with Crippen molar-refractivity contribution < 1.29 is 0 Å². The first kappa shape index (κ1) is 13.0. The maximum Gasteiger partial charge on any atom is 0.190 e. The molecule has 0 bridgehead atoms. The molecule has 0 aliphatic heterocycles. The number of aromatic nitrogens is 3. The van der Waals surface area contributed by atoms with E-state index in [1.54, 1.807) is 11.8 Å². The van der Waals surface area contributed by atoms with Gasteiger partial charge in [0, 0.05) is 18.1 Å². The summed E-state index contributed by atoms with van der Waals surface area (Å²) in [6.07, 6.45) is 2.52. The van der Waals surface area contributed by atoms with Crippen molar-refractivity contribution >= 4 is 27.7 Å². The van der Waals surface area contributed by atoms with Gasteiger partial charge in [-0.05, 0) is 19.3 Å². The van der Waals surface area contributed by atoms with Gasteiger partial charge in [0.2, 0.25) is 0 Å². The third-order valence-electron chi connectivity index (χ3n) is 2.42. The Balaban J connectivity index is 2.45. The van der Waals surface area contributed by atoms with E-state index in [0.717, 1.165) is 28.0 Å². The minimum atomic E-state index is 0.733. The van der Waals surface area contributed by atoms with Gasteiger partial charge in [-0.2, -0.15) is 0 Å². The fourth-order valence-corrected chi connectivity index (χ4v) is 3.27. The van der Waals surface area contributed by atoms with Gasteiger partial charge in [0.25, 0.3) is 0 Å². The molecular formula is C10H18BrN3S. The minimum absolute atomic E-state index is 0.733. The average Bonchev–Trinajstić information content (AvgIpc) is 2.55. The van der Waals surface area contributed by atoms with Gasteiger partial charge >= 0.3 is 0 Å². The molecule has 0 saturated heterocycles. The van der Waals surface area contributed by atoms with Crippen molar-refractivity contribution in [2.45, 2.75) is 31.8 Å². The Morgan fingerprint density at radius 2 is 2.20 bits per heavy atom. The van der Waals surface area contributed by atoms with Crippen LogP contribution in [0, 0.1) is 12.8 Å². The van der Waals surface area contributed by atoms with Gasteiger partial charge in [-0.25, -0.2) is 0 Å². The van der Waals surface area contributed by atoms with Gasteiger partial charge in [-0.15, -0.1) is 10.2 Å². The van der Waals surface area contributed by atoms with E-state index in [1.165, 1.54) is 12.8 Å². The second-order valence-corrected chi connectivity index (χ2v) is 5.34. The third-order valence-corrected chi connectivity index (χ3v) is 4.58. The van der Waals surface area contributed by atoms with Gasteiger partial charge < -0.3 is 4.57 Å². The minimum Gasteiger partial charge on any atom is -0.309 e. The lowest BCUT2D eigenvalue weighted by atomic mass is 10.1. The van der Waals surface area contributed by atoms with Crippen LogP contribution in [-0.2, 0) is 7.05 Å². The summed E-state index contributed by atoms with van der Waals surface area (Å²) in [6.45, 7) is 4.21. The summed E-state index contributed by atoms with van der Waals surface area (Å²) in [6, 6.07) is 0. The highest BCUT2D eigenvalue weighted by atomic mass is 79.9. The Labute approximate surface area is 104 Å². The Kier molecular flexibility index (Phi) is 5.68. The van der Waals surface area contributed by atoms with Gasteiger partial charge in [-0.1, -0.05) is 41.0 Å². The molecule has 0 aliphatic carbocycles. The van der Waals surface area contributed by atoms with Crippen molar-refractivity contribution in [3.05, 3.63) is 5.82 Å². The van der Waals surface area contributed by atoms with Crippen LogP contribution in [0.25, 0.3) is 0 Å². The van der Waals surface area contributed by atoms with Gasteiger partial charge in [0.1, 0.15) is 5.82 Å². The van der Waals surface area contributed by atoms with E-state index < -0.39 is 0 Å². The second-order valence-electron chi connectivity index (χ2n) is 3.71. The summed E-state index contributed by atoms with van der Waals surface area (Å²) in [7, 11) is 2.01. The number of hydrogen-bond acceptors (Lipinski definition) is 3. The Morgan fingerprint density at radius 3 is 2.67 bits per heavy atom. The summed E-state index contributed by atoms with van der Waals surface area (Å²) in [4.78, 5) is 0. The van der Waals surface area contributed by atoms with Crippen molar-refractivity contribution in [2.75, 3.05) is 11.1 Å². The molecule has 0 saturated carbocycles. The zero-order chi connectivity index (χ0) is 11.3. The summed E-state index contributed by atoms with van der Waals surface area (Å²) < 4.78 is 2.04. The van der Waals surface area contributed by atoms with E-state index in [-0.39, 0.29) is 0 Å². The normalized spacial score (nSPS) is 13.1. The molecule has 86 valence electrons. The third kappa shape index (κ3) is 3.79. The van der Waals surface area contributed by atoms with Crippen LogP contribution in [0.2, 0.25) is 0 Å². The SMILES string of the molecule is CCCC(CBr)CSc1nnc(C)n1C. The number of rotatable bonds is 6. The lowest BCUT2D eigenvalue weighted by Crippen LogP contribution is -2.06. The molecule has 0 fully saturated rings. The maximum atomic E-state index is 4.14. The van der Waals surface area contributed by atoms with E-state index in [2.05, 4.69) is 33.1 Å². The molecule has 3 nitrogen and oxygen atoms in total. The molecule has 1 aromatic rings. The van der Waals surface area contributed by atoms with Gasteiger partial charge in [-0.3, -0.25) is 0 Å². The predicted molar refractivity (Wildman–Crippen MR) is 68.7 cm³/mol. The number of alkyl halides is 1. The highest BCUT2D eigenvalue weighted by Crippen LogP contribution is 2.22. The van der Waals surface area contributed by atoms with Crippen LogP contribution in [0.3, 0.4) is 0 Å². The average molecular weight is 292 g/mol. The molecule has 0 aliphatic rings. The summed E-state index contributed by atoms with van der Waals surface area (Å²) in [5, 5.41) is 10.3. The van der Waals surface area contributed by atoms with E-state index in [1.807, 2.05) is 18.5 Å². The molecule has 1 unspecified atom stereocenters. The molecular weight excluding hydrogens is 274 g/mol. The predicted octanol–water partition coefficient (Wildman–Crippen LogP) is 3.03. The standard InChI is InChI=1S/C10H18BrN3S/c1-4-5-9(6-11)7-15-10-13-12-8(2)14(10)3/h9H,4-7H2,1-3H3. The van der Waals surface area contributed by atoms with Crippen LogP contribution in [0.1, 0.15) is 25.6 Å². The lowest BCUT2D eigenvalue weighted by molar-refractivity contribution is 0.596. The highest BCUT2D eigenvalue weighted by Gasteiger charge is 2.10. The molecule has 0 radical (unpaired) electrons. The van der Waals surface area contributed by atoms with Crippen molar-refractivity contribution in [3.63, 3.8) is 0 Å². The number of thioether (sulfide) groups is 1. The number of nitrogens with zero attached hydrogens (tertiary/aromatic N) is 3. The molecule has 0 amide bonds. The first-order valence-electron chi connectivity index (χ1n) is 5.23. The van der Waals surface area contributed by atoms with E-state index in [9.17, 15) is 0 Å². The molecule has 1 heterocycles. The molecule has 0 N–H and O–H groups in total. The van der Waals surface area contributed by atoms with Crippen LogP contribution in [-0.4, -0.2) is 25.8 Å². The van der Waals surface area contributed by atoms with Crippen LogP contribution in [0.5, 0.6) is 0 Å². The molecule has 1 rings (SSSR count). The topological polar surface area (TPSA) is 30.7 Å². The number of hydrogen-bond donors (Lipinski definition) is 0. The smallest absolute Gasteiger partial charge is 0.190 e. The first-order valence-corrected chi connectivity index (χ1v) is 7.34. The molecule has 1 atom stereocenters. The van der Waals surface area contributed by atoms with E-state index in [4.69, 9.17) is 0 Å². The first-order chi connectivity index (χ1) is 7.19. The molecule has 1 aromatic heterocycles. The Hall–Kier alpha value is -0.0300. The second kappa shape index (κ2) is 6.53. The fraction of sp³-hybridized carbons (Fsp3) is 0.800. The summed E-state index contributed by atoms with van der Waals surface area (Å²) >= 11 is 5.36. The monoisotopic (exact) mass is 291 g/mol. The highest BCUT2D eigenvalue weighted by molar-refractivity contribution is 9.09. The van der Waals surface area contributed by atoms with Crippen LogP contribution >= 0.6 is 27.7 Å². The largest absolute Gasteiger partial charge is 0.309 e. The number of aryl methyl sites for hydroxylation is 1.